The maximum Gasteiger partial charge on any atom is 0.411 e. The molecule has 1 saturated carbocycles. The lowest BCUT2D eigenvalue weighted by atomic mass is 10.0. The van der Waals surface area contributed by atoms with E-state index in [4.69, 9.17) is 4.74 Å². The largest absolute Gasteiger partial charge is 0.489 e. The zero-order chi connectivity index (χ0) is 18.9. The minimum absolute atomic E-state index is 0.0142. The topological polar surface area (TPSA) is 52.8 Å². The van der Waals surface area contributed by atoms with Crippen LogP contribution in [0, 0.1) is 5.92 Å². The van der Waals surface area contributed by atoms with Gasteiger partial charge in [0.25, 0.3) is 0 Å². The van der Waals surface area contributed by atoms with E-state index >= 15 is 0 Å². The summed E-state index contributed by atoms with van der Waals surface area (Å²) < 4.78 is 48.2. The van der Waals surface area contributed by atoms with Gasteiger partial charge in [-0.1, -0.05) is 13.8 Å². The first-order valence-electron chi connectivity index (χ1n) is 8.60. The SMILES string of the molecule is CC(C)C(=O)c1cnn2c(C3CC3)c(OCCOCC(F)(F)F)ccc12. The minimum Gasteiger partial charge on any atom is -0.489 e. The predicted molar refractivity (Wildman–Crippen MR) is 88.7 cm³/mol. The number of rotatable bonds is 8. The molecule has 0 aliphatic heterocycles. The molecule has 2 heterocycles. The lowest BCUT2D eigenvalue weighted by molar-refractivity contribution is -0.175. The molecule has 1 fully saturated rings. The fraction of sp³-hybridized carbons (Fsp3) is 0.556. The first kappa shape index (κ1) is 18.7. The zero-order valence-electron chi connectivity index (χ0n) is 14.7. The number of hydrogen-bond acceptors (Lipinski definition) is 4. The number of alkyl halides is 3. The molecule has 2 aromatic rings. The van der Waals surface area contributed by atoms with E-state index in [0.717, 1.165) is 24.1 Å². The number of pyridine rings is 1. The van der Waals surface area contributed by atoms with Crippen molar-refractivity contribution in [2.75, 3.05) is 19.8 Å². The van der Waals surface area contributed by atoms with Crippen molar-refractivity contribution < 1.29 is 27.4 Å². The van der Waals surface area contributed by atoms with Crippen LogP contribution in [0.4, 0.5) is 13.2 Å². The van der Waals surface area contributed by atoms with Gasteiger partial charge in [-0.3, -0.25) is 4.79 Å². The lowest BCUT2D eigenvalue weighted by Crippen LogP contribution is -2.19. The number of ketones is 1. The number of fused-ring (bicyclic) bond motifs is 1. The van der Waals surface area contributed by atoms with Crippen LogP contribution in [0.15, 0.2) is 18.3 Å². The van der Waals surface area contributed by atoms with E-state index in [1.807, 2.05) is 13.8 Å². The fourth-order valence-electron chi connectivity index (χ4n) is 2.81. The molecule has 0 N–H and O–H groups in total. The normalized spacial score (nSPS) is 15.0. The molecule has 0 atom stereocenters. The number of carbonyl (C=O) groups excluding carboxylic acids is 1. The molecule has 26 heavy (non-hydrogen) atoms. The third-order valence-corrected chi connectivity index (χ3v) is 4.18. The van der Waals surface area contributed by atoms with E-state index in [0.29, 0.717) is 11.3 Å². The summed E-state index contributed by atoms with van der Waals surface area (Å²) >= 11 is 0. The number of hydrogen-bond donors (Lipinski definition) is 0. The van der Waals surface area contributed by atoms with Crippen LogP contribution in [0.3, 0.4) is 0 Å². The first-order chi connectivity index (χ1) is 12.3. The molecule has 0 bridgehead atoms. The summed E-state index contributed by atoms with van der Waals surface area (Å²) in [6.07, 6.45) is -0.785. The average Bonchev–Trinajstić information content (AvgIpc) is 3.30. The average molecular weight is 370 g/mol. The summed E-state index contributed by atoms with van der Waals surface area (Å²) in [7, 11) is 0. The zero-order valence-corrected chi connectivity index (χ0v) is 14.7. The Morgan fingerprint density at radius 2 is 2.04 bits per heavy atom. The van der Waals surface area contributed by atoms with Gasteiger partial charge in [0.1, 0.15) is 19.0 Å². The number of halogens is 3. The van der Waals surface area contributed by atoms with E-state index in [1.54, 1.807) is 22.8 Å². The Kier molecular flexibility index (Phi) is 5.22. The first-order valence-corrected chi connectivity index (χ1v) is 8.60. The van der Waals surface area contributed by atoms with Crippen molar-refractivity contribution in [3.63, 3.8) is 0 Å². The van der Waals surface area contributed by atoms with Gasteiger partial charge >= 0.3 is 6.18 Å². The Bertz CT molecular complexity index is 795. The molecule has 0 amide bonds. The van der Waals surface area contributed by atoms with Gasteiger partial charge in [-0.15, -0.1) is 0 Å². The highest BCUT2D eigenvalue weighted by molar-refractivity contribution is 6.03. The molecule has 0 radical (unpaired) electrons. The predicted octanol–water partition coefficient (Wildman–Crippen LogP) is 4.01. The second-order valence-electron chi connectivity index (χ2n) is 6.75. The number of carbonyl (C=O) groups is 1. The molecular formula is C18H21F3N2O3. The van der Waals surface area contributed by atoms with Crippen molar-refractivity contribution in [2.24, 2.45) is 5.92 Å². The third kappa shape index (κ3) is 4.17. The molecule has 5 nitrogen and oxygen atoms in total. The van der Waals surface area contributed by atoms with Crippen LogP contribution in [-0.4, -0.2) is 41.4 Å². The van der Waals surface area contributed by atoms with Gasteiger partial charge in [0.15, 0.2) is 5.78 Å². The van der Waals surface area contributed by atoms with Crippen LogP contribution in [-0.2, 0) is 4.74 Å². The van der Waals surface area contributed by atoms with Crippen LogP contribution in [0.1, 0.15) is 48.7 Å². The quantitative estimate of drug-likeness (QED) is 0.520. The summed E-state index contributed by atoms with van der Waals surface area (Å²) in [6.45, 7) is 2.25. The number of aromatic nitrogens is 2. The molecule has 0 spiro atoms. The molecule has 0 aromatic carbocycles. The maximum atomic E-state index is 12.3. The smallest absolute Gasteiger partial charge is 0.411 e. The van der Waals surface area contributed by atoms with Gasteiger partial charge in [-0.2, -0.15) is 18.3 Å². The summed E-state index contributed by atoms with van der Waals surface area (Å²) in [6, 6.07) is 3.52. The van der Waals surface area contributed by atoms with E-state index in [-0.39, 0.29) is 30.8 Å². The monoisotopic (exact) mass is 370 g/mol. The van der Waals surface area contributed by atoms with Gasteiger partial charge in [0.05, 0.1) is 29.6 Å². The molecule has 0 unspecified atom stereocenters. The number of Topliss-reactive ketones (excluding diaryl/α,β-unsaturated/α-hetero) is 1. The van der Waals surface area contributed by atoms with Gasteiger partial charge in [-0.25, -0.2) is 4.52 Å². The third-order valence-electron chi connectivity index (χ3n) is 4.18. The summed E-state index contributed by atoms with van der Waals surface area (Å²) in [5.41, 5.74) is 2.16. The van der Waals surface area contributed by atoms with Crippen LogP contribution < -0.4 is 4.74 Å². The van der Waals surface area contributed by atoms with E-state index in [1.165, 1.54) is 0 Å². The van der Waals surface area contributed by atoms with E-state index in [2.05, 4.69) is 9.84 Å². The molecular weight excluding hydrogens is 349 g/mol. The van der Waals surface area contributed by atoms with Crippen molar-refractivity contribution in [1.29, 1.82) is 0 Å². The maximum absolute atomic E-state index is 12.3. The van der Waals surface area contributed by atoms with E-state index in [9.17, 15) is 18.0 Å². The molecule has 2 aromatic heterocycles. The van der Waals surface area contributed by atoms with Crippen LogP contribution >= 0.6 is 0 Å². The highest BCUT2D eigenvalue weighted by Crippen LogP contribution is 2.44. The lowest BCUT2D eigenvalue weighted by Gasteiger charge is -2.14. The molecule has 1 aliphatic carbocycles. The summed E-state index contributed by atoms with van der Waals surface area (Å²) in [5, 5.41) is 4.36. The minimum atomic E-state index is -4.34. The summed E-state index contributed by atoms with van der Waals surface area (Å²) in [5.74, 6) is 0.749. The molecule has 1 aliphatic rings. The Balaban J connectivity index is 1.77. The standard InChI is InChI=1S/C18H21F3N2O3/c1-11(2)17(24)13-9-22-23-14(13)5-6-15(16(23)12-3-4-12)26-8-7-25-10-18(19,20)21/h5-6,9,11-12H,3-4,7-8,10H2,1-2H3. The highest BCUT2D eigenvalue weighted by Gasteiger charge is 2.31. The van der Waals surface area contributed by atoms with Crippen LogP contribution in [0.25, 0.3) is 5.52 Å². The van der Waals surface area contributed by atoms with Crippen molar-refractivity contribution in [3.05, 3.63) is 29.6 Å². The van der Waals surface area contributed by atoms with Gasteiger partial charge in [0, 0.05) is 11.8 Å². The van der Waals surface area contributed by atoms with Crippen molar-refractivity contribution >= 4 is 11.3 Å². The van der Waals surface area contributed by atoms with Crippen molar-refractivity contribution in [3.8, 4) is 5.75 Å². The highest BCUT2D eigenvalue weighted by atomic mass is 19.4. The Morgan fingerprint density at radius 1 is 1.31 bits per heavy atom. The van der Waals surface area contributed by atoms with Gasteiger partial charge in [-0.05, 0) is 25.0 Å². The van der Waals surface area contributed by atoms with E-state index < -0.39 is 12.8 Å². The Hall–Kier alpha value is -2.09. The van der Waals surface area contributed by atoms with Crippen molar-refractivity contribution in [2.45, 2.75) is 38.8 Å². The Morgan fingerprint density at radius 3 is 2.65 bits per heavy atom. The molecule has 0 saturated heterocycles. The molecule has 3 rings (SSSR count). The van der Waals surface area contributed by atoms with Crippen molar-refractivity contribution in [1.82, 2.24) is 9.61 Å². The number of nitrogens with zero attached hydrogens (tertiary/aromatic N) is 2. The second kappa shape index (κ2) is 7.26. The molecule has 142 valence electrons. The van der Waals surface area contributed by atoms with Gasteiger partial charge in [0.2, 0.25) is 0 Å². The van der Waals surface area contributed by atoms with Crippen LogP contribution in [0.2, 0.25) is 0 Å². The van der Waals surface area contributed by atoms with Crippen LogP contribution in [0.5, 0.6) is 5.75 Å². The number of ether oxygens (including phenoxy) is 2. The summed E-state index contributed by atoms with van der Waals surface area (Å²) in [4.78, 5) is 12.3. The second-order valence-corrected chi connectivity index (χ2v) is 6.75. The van der Waals surface area contributed by atoms with Gasteiger partial charge < -0.3 is 9.47 Å². The Labute approximate surface area is 149 Å². The fourth-order valence-corrected chi connectivity index (χ4v) is 2.81. The molecule has 8 heteroatoms.